The fraction of sp³-hybridized carbons (Fsp3) is 0.857. The van der Waals surface area contributed by atoms with E-state index in [-0.39, 0.29) is 371 Å². The fourth-order valence-electron chi connectivity index (χ4n) is 6.75. The second-order valence-electron chi connectivity index (χ2n) is 18.2. The molecule has 46 heteroatoms. The summed E-state index contributed by atoms with van der Waals surface area (Å²) >= 11 is 0. The van der Waals surface area contributed by atoms with E-state index in [1.807, 2.05) is 0 Å². The van der Waals surface area contributed by atoms with Crippen molar-refractivity contribution in [2.75, 3.05) is 166 Å². The topological polar surface area (TPSA) is 179 Å². The first-order valence-corrected chi connectivity index (χ1v) is 55.7. The van der Waals surface area contributed by atoms with E-state index in [1.165, 1.54) is 166 Å². The van der Waals surface area contributed by atoms with E-state index in [4.69, 9.17) is 41.9 Å². The molecular formula is C63H144F12O9P11Pd12Tl2+7. The molecule has 0 atom stereocenters. The summed E-state index contributed by atoms with van der Waals surface area (Å²) in [5.41, 5.74) is 0. The van der Waals surface area contributed by atoms with Crippen LogP contribution in [0.4, 0.5) is 50.4 Å². The Bertz CT molecular complexity index is 1180. The molecule has 0 aromatic carbocycles. The molecular weight excluding hydrogens is 3160 g/mol. The average molecular weight is 3300 g/mol. The first-order valence-electron chi connectivity index (χ1n) is 32.5. The van der Waals surface area contributed by atoms with Gasteiger partial charge in [-0.2, -0.15) is 0 Å². The van der Waals surface area contributed by atoms with E-state index in [9.17, 15) is 50.4 Å². The summed E-state index contributed by atoms with van der Waals surface area (Å²) in [7, 11) is -20.1. The maximum Gasteiger partial charge on any atom is 0 e. The van der Waals surface area contributed by atoms with Crippen LogP contribution in [0.1, 0.15) is 187 Å². The summed E-state index contributed by atoms with van der Waals surface area (Å²) < 4.78 is 186. The molecule has 0 aliphatic carbocycles. The van der Waals surface area contributed by atoms with Crippen molar-refractivity contribution in [3.8, 4) is 0 Å². The number of halogens is 12. The van der Waals surface area contributed by atoms with Crippen molar-refractivity contribution in [2.45, 2.75) is 187 Å². The van der Waals surface area contributed by atoms with E-state index in [0.717, 1.165) is 0 Å². The van der Waals surface area contributed by atoms with E-state index in [1.54, 1.807) is 0 Å². The monoisotopic (exact) mass is 3290 g/mol. The Kier molecular flexibility index (Phi) is 388. The third-order valence-corrected chi connectivity index (χ3v) is 40.5. The van der Waals surface area contributed by atoms with Gasteiger partial charge in [0, 0.05) is 300 Å². The standard InChI is InChI=1S/9C6H15P.9CO.2F6P.12Pd.2Tl/c9*1-4-7(5-2)6-3;9*1-2;2*1-7(2,3,4,5)6;;;;;;;;;;;;;;/h9*4-6H2,1-3H3;;;;;;;;;;;;;;;;;;;;;;;;;/q;;;;;;;;;;;;;;;;;;2*-1;;;;;;;;;;;;;;/p+9. The third-order valence-electron chi connectivity index (χ3n) is 13.5. The molecule has 0 unspecified atom stereocenters. The van der Waals surface area contributed by atoms with Gasteiger partial charge in [-0.3, -0.25) is 0 Å². The predicted molar refractivity (Wildman–Crippen MR) is 433 cm³/mol. The predicted octanol–water partition coefficient (Wildman–Crippen LogP) is 26.0. The number of hydrogen-bond donors (Lipinski definition) is 0. The summed E-state index contributed by atoms with van der Waals surface area (Å²) in [5.74, 6) is 0. The van der Waals surface area contributed by atoms with Gasteiger partial charge in [-0.25, -0.2) is 0 Å². The van der Waals surface area contributed by atoms with Gasteiger partial charge in [-0.1, -0.05) is 0 Å². The second-order valence-corrected chi connectivity index (χ2v) is 54.6. The molecule has 2 radical (unpaired) electrons. The molecule has 0 saturated heterocycles. The zero-order valence-electron chi connectivity index (χ0n) is 69.1. The minimum Gasteiger partial charge on any atom is 0 e. The molecule has 0 heterocycles. The first kappa shape index (κ1) is 230. The maximum atomic E-state index is 9.87. The van der Waals surface area contributed by atoms with E-state index < -0.39 is 15.6 Å². The number of rotatable bonds is 27. The first-order chi connectivity index (χ1) is 44.0. The molecule has 109 heavy (non-hydrogen) atoms. The van der Waals surface area contributed by atoms with Crippen molar-refractivity contribution in [1.82, 2.24) is 0 Å². The molecule has 0 N–H and O–H groups in total. The van der Waals surface area contributed by atoms with Gasteiger partial charge in [0.25, 0.3) is 0 Å². The molecule has 708 valence electrons. The molecule has 9 nitrogen and oxygen atoms in total. The van der Waals surface area contributed by atoms with E-state index >= 15 is 0 Å². The minimum atomic E-state index is -10.7. The summed E-state index contributed by atoms with van der Waals surface area (Å²) in [6, 6.07) is 0. The quantitative estimate of drug-likeness (QED) is 0.0250. The smallest absolute Gasteiger partial charge is 0 e. The van der Waals surface area contributed by atoms with Crippen molar-refractivity contribution in [1.29, 1.82) is 0 Å². The van der Waals surface area contributed by atoms with Crippen LogP contribution in [0.25, 0.3) is 0 Å². The molecule has 0 aromatic heterocycles. The number of hydrogen-bond acceptors (Lipinski definition) is 0. The Morgan fingerprint density at radius 3 is 0.156 bits per heavy atom. The third kappa shape index (κ3) is 385. The fourth-order valence-corrected chi connectivity index (χ4v) is 20.2. The van der Waals surface area contributed by atoms with Crippen LogP contribution in [-0.2, 0) is 287 Å². The molecule has 0 bridgehead atoms. The SMILES string of the molecule is CC[PH+](CC)CC.CC[PH+](CC)CC.CC[PH+](CC)CC.CC[PH+](CC)CC.CC[PH+](CC)CC.CC[PH+](CC)CC.CC[PH+](CC)CC.CC[PH+](CC)CC.CC[PH+](CC)CC.F[P-](F)(F)(F)(F)F.F[P-](F)(F)(F)(F)F.[C-]#[O+].[C-]#[O+].[C-]#[O+].[C-]#[O+].[C-]#[O+].[C-]#[O+].[C-]#[O+].[C-]#[O+].[C-]#[O+].[Pd].[Pd].[Pd].[Pd].[Pd].[Pd].[Pd].[Pd].[Pd].[Pd].[Pd].[Pd].[Tl].[Tl]. The van der Waals surface area contributed by atoms with Crippen molar-refractivity contribution in [3.63, 3.8) is 0 Å². The Balaban J connectivity index is -0.0000000171. The van der Waals surface area contributed by atoms with Crippen LogP contribution >= 0.6 is 86.9 Å². The van der Waals surface area contributed by atoms with Crippen molar-refractivity contribution in [3.05, 3.63) is 59.9 Å². The molecule has 0 spiro atoms. The van der Waals surface area contributed by atoms with Gasteiger partial charge in [0.05, 0.1) is 166 Å². The molecule has 0 amide bonds. The maximum absolute atomic E-state index is 10.7. The second kappa shape index (κ2) is 184. The van der Waals surface area contributed by atoms with Crippen LogP contribution in [0.2, 0.25) is 0 Å². The van der Waals surface area contributed by atoms with Gasteiger partial charge in [0.2, 0.25) is 0 Å². The van der Waals surface area contributed by atoms with Gasteiger partial charge >= 0.3 is 168 Å². The van der Waals surface area contributed by atoms with Gasteiger partial charge < -0.3 is 0 Å². The Hall–Kier alpha value is 11.3. The van der Waals surface area contributed by atoms with Crippen LogP contribution in [0.5, 0.6) is 0 Å². The largest absolute Gasteiger partial charge is 0 e. The van der Waals surface area contributed by atoms with Crippen LogP contribution in [0, 0.1) is 59.9 Å². The average Bonchev–Trinajstić information content (AvgIpc) is 0.804. The Labute approximate surface area is 879 Å². The zero-order valence-corrected chi connectivity index (χ0v) is 108. The van der Waals surface area contributed by atoms with Gasteiger partial charge in [0.1, 0.15) is 0 Å². The Morgan fingerprint density at radius 1 is 0.138 bits per heavy atom. The summed E-state index contributed by atoms with van der Waals surface area (Å²) in [6.45, 7) is 103. The van der Waals surface area contributed by atoms with Gasteiger partial charge in [0.15, 0.2) is 0 Å². The van der Waals surface area contributed by atoms with Gasteiger partial charge in [-0.15, -0.1) is 0 Å². The summed E-state index contributed by atoms with van der Waals surface area (Å²) in [6.07, 6.45) is 39.3. The molecule has 0 fully saturated rings. The molecule has 0 aliphatic rings. The van der Waals surface area contributed by atoms with Crippen LogP contribution < -0.4 is 0 Å². The molecule has 0 saturated carbocycles. The van der Waals surface area contributed by atoms with Crippen LogP contribution in [0.15, 0.2) is 0 Å². The van der Waals surface area contributed by atoms with E-state index in [2.05, 4.69) is 247 Å². The molecule has 0 aliphatic heterocycles. The minimum absolute atomic E-state index is 0. The summed E-state index contributed by atoms with van der Waals surface area (Å²) in [4.78, 5) is 0. The van der Waals surface area contributed by atoms with E-state index in [0.29, 0.717) is 0 Å². The zero-order chi connectivity index (χ0) is 82.1. The normalized spacial score (nSPS) is 9.08. The summed E-state index contributed by atoms with van der Waals surface area (Å²) in [5, 5.41) is 0. The molecule has 0 rings (SSSR count). The van der Waals surface area contributed by atoms with Crippen molar-refractivity contribution in [2.24, 2.45) is 0 Å². The van der Waals surface area contributed by atoms with Crippen LogP contribution in [-0.4, -0.2) is 221 Å². The Morgan fingerprint density at radius 2 is 0.156 bits per heavy atom. The molecule has 0 aromatic rings. The van der Waals surface area contributed by atoms with Crippen molar-refractivity contribution >= 4 is 142 Å². The van der Waals surface area contributed by atoms with Crippen LogP contribution in [0.3, 0.4) is 0 Å². The van der Waals surface area contributed by atoms with Gasteiger partial charge in [-0.05, 0) is 258 Å². The van der Waals surface area contributed by atoms with Crippen molar-refractivity contribution < 1.29 is 337 Å².